The van der Waals surface area contributed by atoms with E-state index in [1.165, 1.54) is 0 Å². The molecule has 0 amide bonds. The summed E-state index contributed by atoms with van der Waals surface area (Å²) < 4.78 is 2.18. The Balaban J connectivity index is 2.00. The summed E-state index contributed by atoms with van der Waals surface area (Å²) >= 11 is 5.89. The highest BCUT2D eigenvalue weighted by Crippen LogP contribution is 2.42. The van der Waals surface area contributed by atoms with Crippen molar-refractivity contribution in [2.24, 2.45) is 0 Å². The van der Waals surface area contributed by atoms with Gasteiger partial charge in [0.2, 0.25) is 5.28 Å². The standard InChI is InChI=1S/C16H13ClN6/c1-19-14-11(8-20-16(17)22-14)15-21-12-5-2-9(7-18)6-13(12)23(15)10-3-4-10/h2,5-6,8,10H,3-4H2,1H3,(H,19,20,22). The van der Waals surface area contributed by atoms with Crippen molar-refractivity contribution in [3.8, 4) is 17.5 Å². The maximum Gasteiger partial charge on any atom is 0.224 e. The van der Waals surface area contributed by atoms with E-state index in [9.17, 15) is 0 Å². The number of nitrogens with one attached hydrogen (secondary N) is 1. The van der Waals surface area contributed by atoms with Crippen LogP contribution in [0.2, 0.25) is 5.28 Å². The molecule has 4 rings (SSSR count). The average Bonchev–Trinajstić information content (AvgIpc) is 3.34. The summed E-state index contributed by atoms with van der Waals surface area (Å²) in [4.78, 5) is 13.1. The second-order valence-corrected chi connectivity index (χ2v) is 5.84. The van der Waals surface area contributed by atoms with Crippen LogP contribution in [0.25, 0.3) is 22.4 Å². The first-order chi connectivity index (χ1) is 11.2. The van der Waals surface area contributed by atoms with Crippen molar-refractivity contribution in [2.75, 3.05) is 12.4 Å². The van der Waals surface area contributed by atoms with E-state index in [0.717, 1.165) is 35.3 Å². The number of hydrogen-bond donors (Lipinski definition) is 1. The zero-order valence-electron chi connectivity index (χ0n) is 12.4. The van der Waals surface area contributed by atoms with Gasteiger partial charge in [0.25, 0.3) is 0 Å². The van der Waals surface area contributed by atoms with Gasteiger partial charge < -0.3 is 9.88 Å². The third-order valence-electron chi connectivity index (χ3n) is 3.97. The molecule has 7 heteroatoms. The Morgan fingerprint density at radius 2 is 2.17 bits per heavy atom. The molecule has 0 atom stereocenters. The molecule has 1 N–H and O–H groups in total. The second-order valence-electron chi connectivity index (χ2n) is 5.50. The largest absolute Gasteiger partial charge is 0.372 e. The minimum atomic E-state index is 0.193. The molecule has 1 saturated carbocycles. The summed E-state index contributed by atoms with van der Waals surface area (Å²) in [5, 5.41) is 12.4. The van der Waals surface area contributed by atoms with Crippen LogP contribution in [0.4, 0.5) is 5.82 Å². The topological polar surface area (TPSA) is 79.4 Å². The van der Waals surface area contributed by atoms with Crippen LogP contribution in [-0.4, -0.2) is 26.6 Å². The molecule has 0 saturated heterocycles. The molecule has 0 aliphatic heterocycles. The fraction of sp³-hybridized carbons (Fsp3) is 0.250. The molecule has 0 unspecified atom stereocenters. The van der Waals surface area contributed by atoms with Gasteiger partial charge in [0, 0.05) is 19.3 Å². The van der Waals surface area contributed by atoms with Crippen LogP contribution < -0.4 is 5.32 Å². The highest BCUT2D eigenvalue weighted by molar-refractivity contribution is 6.28. The van der Waals surface area contributed by atoms with Crippen LogP contribution in [0, 0.1) is 11.3 Å². The third kappa shape index (κ3) is 2.30. The number of nitriles is 1. The molecule has 0 bridgehead atoms. The van der Waals surface area contributed by atoms with Crippen molar-refractivity contribution in [3.63, 3.8) is 0 Å². The van der Waals surface area contributed by atoms with Gasteiger partial charge in [0.1, 0.15) is 11.6 Å². The van der Waals surface area contributed by atoms with Crippen LogP contribution in [-0.2, 0) is 0 Å². The summed E-state index contributed by atoms with van der Waals surface area (Å²) in [5.41, 5.74) is 3.27. The maximum absolute atomic E-state index is 9.15. The molecule has 1 aromatic carbocycles. The highest BCUT2D eigenvalue weighted by Gasteiger charge is 2.30. The fourth-order valence-corrected chi connectivity index (χ4v) is 2.90. The zero-order chi connectivity index (χ0) is 16.0. The van der Waals surface area contributed by atoms with E-state index in [2.05, 4.69) is 25.9 Å². The quantitative estimate of drug-likeness (QED) is 0.747. The van der Waals surface area contributed by atoms with Crippen LogP contribution in [0.5, 0.6) is 0 Å². The second kappa shape index (κ2) is 5.21. The number of aromatic nitrogens is 4. The van der Waals surface area contributed by atoms with E-state index in [-0.39, 0.29) is 5.28 Å². The Morgan fingerprint density at radius 3 is 2.87 bits per heavy atom. The Kier molecular flexibility index (Phi) is 3.17. The SMILES string of the molecule is CNc1nc(Cl)ncc1-c1nc2ccc(C#N)cc2n1C1CC1. The lowest BCUT2D eigenvalue weighted by molar-refractivity contribution is 0.774. The molecular formula is C16H13ClN6. The Hall–Kier alpha value is -2.65. The van der Waals surface area contributed by atoms with E-state index >= 15 is 0 Å². The van der Waals surface area contributed by atoms with E-state index in [1.54, 1.807) is 19.3 Å². The number of halogens is 1. The fourth-order valence-electron chi connectivity index (χ4n) is 2.77. The molecule has 1 aliphatic carbocycles. The first-order valence-corrected chi connectivity index (χ1v) is 7.72. The number of imidazole rings is 1. The van der Waals surface area contributed by atoms with Gasteiger partial charge in [0.15, 0.2) is 0 Å². The Bertz CT molecular complexity index is 951. The van der Waals surface area contributed by atoms with Crippen molar-refractivity contribution in [2.45, 2.75) is 18.9 Å². The van der Waals surface area contributed by atoms with E-state index in [1.807, 2.05) is 12.1 Å². The number of rotatable bonds is 3. The predicted octanol–water partition coefficient (Wildman–Crippen LogP) is 3.39. The van der Waals surface area contributed by atoms with Crippen molar-refractivity contribution in [3.05, 3.63) is 35.2 Å². The maximum atomic E-state index is 9.15. The van der Waals surface area contributed by atoms with Gasteiger partial charge in [-0.2, -0.15) is 5.26 Å². The van der Waals surface area contributed by atoms with Crippen molar-refractivity contribution in [1.82, 2.24) is 19.5 Å². The molecule has 114 valence electrons. The number of anilines is 1. The molecule has 0 radical (unpaired) electrons. The smallest absolute Gasteiger partial charge is 0.224 e. The molecular weight excluding hydrogens is 312 g/mol. The first kappa shape index (κ1) is 14.0. The third-order valence-corrected chi connectivity index (χ3v) is 4.15. The van der Waals surface area contributed by atoms with Crippen LogP contribution in [0.15, 0.2) is 24.4 Å². The van der Waals surface area contributed by atoms with Crippen molar-refractivity contribution < 1.29 is 0 Å². The van der Waals surface area contributed by atoms with Crippen molar-refractivity contribution in [1.29, 1.82) is 5.26 Å². The molecule has 0 spiro atoms. The minimum Gasteiger partial charge on any atom is -0.372 e. The van der Waals surface area contributed by atoms with E-state index < -0.39 is 0 Å². The number of nitrogens with zero attached hydrogens (tertiary/aromatic N) is 5. The lowest BCUT2D eigenvalue weighted by Crippen LogP contribution is -2.03. The van der Waals surface area contributed by atoms with Gasteiger partial charge >= 0.3 is 0 Å². The average molecular weight is 325 g/mol. The molecule has 1 aliphatic rings. The lowest BCUT2D eigenvalue weighted by atomic mass is 10.2. The van der Waals surface area contributed by atoms with Crippen LogP contribution >= 0.6 is 11.6 Å². The van der Waals surface area contributed by atoms with Gasteiger partial charge in [-0.25, -0.2) is 15.0 Å². The monoisotopic (exact) mass is 324 g/mol. The zero-order valence-corrected chi connectivity index (χ0v) is 13.2. The highest BCUT2D eigenvalue weighted by atomic mass is 35.5. The number of fused-ring (bicyclic) bond motifs is 1. The summed E-state index contributed by atoms with van der Waals surface area (Å²) in [6.45, 7) is 0. The van der Waals surface area contributed by atoms with Crippen LogP contribution in [0.1, 0.15) is 24.4 Å². The summed E-state index contributed by atoms with van der Waals surface area (Å²) in [7, 11) is 1.79. The summed E-state index contributed by atoms with van der Waals surface area (Å²) in [6.07, 6.45) is 3.91. The molecule has 2 heterocycles. The molecule has 3 aromatic rings. The van der Waals surface area contributed by atoms with Gasteiger partial charge in [0.05, 0.1) is 28.2 Å². The lowest BCUT2D eigenvalue weighted by Gasteiger charge is -2.10. The molecule has 23 heavy (non-hydrogen) atoms. The summed E-state index contributed by atoms with van der Waals surface area (Å²) in [5.74, 6) is 1.45. The van der Waals surface area contributed by atoms with E-state index in [0.29, 0.717) is 17.4 Å². The number of benzene rings is 1. The predicted molar refractivity (Wildman–Crippen MR) is 88.3 cm³/mol. The summed E-state index contributed by atoms with van der Waals surface area (Å²) in [6, 6.07) is 8.15. The Morgan fingerprint density at radius 1 is 1.35 bits per heavy atom. The minimum absolute atomic E-state index is 0.193. The van der Waals surface area contributed by atoms with Gasteiger partial charge in [-0.3, -0.25) is 0 Å². The normalized spacial score (nSPS) is 14.0. The Labute approximate surface area is 137 Å². The van der Waals surface area contributed by atoms with E-state index in [4.69, 9.17) is 21.8 Å². The molecule has 6 nitrogen and oxygen atoms in total. The molecule has 2 aromatic heterocycles. The van der Waals surface area contributed by atoms with Crippen LogP contribution in [0.3, 0.4) is 0 Å². The molecule has 1 fully saturated rings. The number of hydrogen-bond acceptors (Lipinski definition) is 5. The van der Waals surface area contributed by atoms with Gasteiger partial charge in [-0.15, -0.1) is 0 Å². The van der Waals surface area contributed by atoms with Crippen molar-refractivity contribution >= 4 is 28.5 Å². The first-order valence-electron chi connectivity index (χ1n) is 7.34. The van der Waals surface area contributed by atoms with Gasteiger partial charge in [-0.05, 0) is 42.6 Å². The van der Waals surface area contributed by atoms with Gasteiger partial charge in [-0.1, -0.05) is 0 Å².